The maximum Gasteiger partial charge on any atom is 0.410 e. The largest absolute Gasteiger partial charge is 0.479 e. The predicted octanol–water partition coefficient (Wildman–Crippen LogP) is 2.48. The summed E-state index contributed by atoms with van der Waals surface area (Å²) in [6, 6.07) is 8.53. The van der Waals surface area contributed by atoms with Gasteiger partial charge in [-0.1, -0.05) is 18.2 Å². The molecule has 1 aromatic carbocycles. The molecule has 1 saturated heterocycles. The van der Waals surface area contributed by atoms with Gasteiger partial charge < -0.3 is 9.84 Å². The molecule has 0 aliphatic carbocycles. The SMILES string of the molecule is O=C(O)C(c1cc2ccccc2s1)N1CCOC1=O. The van der Waals surface area contributed by atoms with Crippen molar-refractivity contribution in [2.24, 2.45) is 0 Å². The van der Waals surface area contributed by atoms with Gasteiger partial charge in [0.05, 0.1) is 6.54 Å². The molecule has 0 spiro atoms. The minimum Gasteiger partial charge on any atom is -0.479 e. The molecular weight excluding hydrogens is 266 g/mol. The van der Waals surface area contributed by atoms with Crippen LogP contribution in [0.5, 0.6) is 0 Å². The first-order valence-corrected chi connectivity index (χ1v) is 6.63. The van der Waals surface area contributed by atoms with Gasteiger partial charge in [0.1, 0.15) is 6.61 Å². The van der Waals surface area contributed by atoms with Crippen molar-refractivity contribution in [1.82, 2.24) is 4.90 Å². The fourth-order valence-electron chi connectivity index (χ4n) is 2.19. The number of rotatable bonds is 3. The molecule has 98 valence electrons. The van der Waals surface area contributed by atoms with E-state index in [9.17, 15) is 14.7 Å². The van der Waals surface area contributed by atoms with E-state index in [0.717, 1.165) is 10.1 Å². The second-order valence-corrected chi connectivity index (χ2v) is 5.35. The van der Waals surface area contributed by atoms with Gasteiger partial charge in [0.2, 0.25) is 0 Å². The van der Waals surface area contributed by atoms with Crippen molar-refractivity contribution in [2.75, 3.05) is 13.2 Å². The van der Waals surface area contributed by atoms with Crippen LogP contribution < -0.4 is 0 Å². The maximum absolute atomic E-state index is 11.6. The molecule has 1 aliphatic heterocycles. The molecule has 6 heteroatoms. The van der Waals surface area contributed by atoms with Gasteiger partial charge in [-0.25, -0.2) is 9.59 Å². The lowest BCUT2D eigenvalue weighted by Crippen LogP contribution is -2.34. The molecule has 2 aromatic rings. The normalized spacial score (nSPS) is 16.6. The Balaban J connectivity index is 2.04. The van der Waals surface area contributed by atoms with Gasteiger partial charge in [-0.15, -0.1) is 11.3 Å². The molecule has 1 aliphatic rings. The number of aliphatic carboxylic acids is 1. The van der Waals surface area contributed by atoms with E-state index in [1.165, 1.54) is 16.2 Å². The van der Waals surface area contributed by atoms with Crippen LogP contribution in [0.3, 0.4) is 0 Å². The molecule has 1 amide bonds. The minimum atomic E-state index is -1.04. The number of hydrogen-bond donors (Lipinski definition) is 1. The molecular formula is C13H11NO4S. The minimum absolute atomic E-state index is 0.244. The van der Waals surface area contributed by atoms with Gasteiger partial charge in [-0.05, 0) is 17.5 Å². The first-order chi connectivity index (χ1) is 9.16. The van der Waals surface area contributed by atoms with Gasteiger partial charge in [0.25, 0.3) is 0 Å². The lowest BCUT2D eigenvalue weighted by Gasteiger charge is -2.20. The highest BCUT2D eigenvalue weighted by Gasteiger charge is 2.36. The van der Waals surface area contributed by atoms with E-state index in [0.29, 0.717) is 11.4 Å². The van der Waals surface area contributed by atoms with Crippen molar-refractivity contribution in [1.29, 1.82) is 0 Å². The van der Waals surface area contributed by atoms with Crippen LogP contribution in [0.2, 0.25) is 0 Å². The Morgan fingerprint density at radius 3 is 2.84 bits per heavy atom. The van der Waals surface area contributed by atoms with E-state index in [2.05, 4.69) is 0 Å². The molecule has 1 N–H and O–H groups in total. The lowest BCUT2D eigenvalue weighted by atomic mass is 10.2. The van der Waals surface area contributed by atoms with E-state index in [1.54, 1.807) is 0 Å². The Hall–Kier alpha value is -2.08. The summed E-state index contributed by atoms with van der Waals surface area (Å²) in [5.74, 6) is -1.04. The maximum atomic E-state index is 11.6. The number of carboxylic acids is 1. The van der Waals surface area contributed by atoms with Crippen molar-refractivity contribution in [3.63, 3.8) is 0 Å². The van der Waals surface area contributed by atoms with Crippen LogP contribution in [0.1, 0.15) is 10.9 Å². The number of carbonyl (C=O) groups excluding carboxylic acids is 1. The molecule has 2 heterocycles. The standard InChI is InChI=1S/C13H11NO4S/c15-12(16)11(14-5-6-18-13(14)17)10-7-8-3-1-2-4-9(8)19-10/h1-4,7,11H,5-6H2,(H,15,16). The van der Waals surface area contributed by atoms with Crippen molar-refractivity contribution in [3.05, 3.63) is 35.2 Å². The van der Waals surface area contributed by atoms with Crippen LogP contribution in [0.25, 0.3) is 10.1 Å². The molecule has 0 radical (unpaired) electrons. The van der Waals surface area contributed by atoms with Crippen molar-refractivity contribution in [2.45, 2.75) is 6.04 Å². The quantitative estimate of drug-likeness (QED) is 0.936. The smallest absolute Gasteiger partial charge is 0.410 e. The first kappa shape index (κ1) is 12.0. The number of benzene rings is 1. The van der Waals surface area contributed by atoms with Crippen molar-refractivity contribution >= 4 is 33.5 Å². The number of cyclic esters (lactones) is 1. The number of carbonyl (C=O) groups is 2. The van der Waals surface area contributed by atoms with E-state index in [4.69, 9.17) is 4.74 Å². The van der Waals surface area contributed by atoms with E-state index in [1.807, 2.05) is 30.3 Å². The summed E-state index contributed by atoms with van der Waals surface area (Å²) in [6.45, 7) is 0.553. The average molecular weight is 277 g/mol. The Morgan fingerprint density at radius 2 is 2.21 bits per heavy atom. The highest BCUT2D eigenvalue weighted by Crippen LogP contribution is 2.34. The Kier molecular flexibility index (Phi) is 2.87. The van der Waals surface area contributed by atoms with Gasteiger partial charge in [-0.3, -0.25) is 4.90 Å². The third-order valence-electron chi connectivity index (χ3n) is 3.05. The third-order valence-corrected chi connectivity index (χ3v) is 4.22. The molecule has 0 bridgehead atoms. The summed E-state index contributed by atoms with van der Waals surface area (Å²) < 4.78 is 5.83. The van der Waals surface area contributed by atoms with Gasteiger partial charge in [0.15, 0.2) is 6.04 Å². The summed E-state index contributed by atoms with van der Waals surface area (Å²) in [5, 5.41) is 10.4. The summed E-state index contributed by atoms with van der Waals surface area (Å²) in [4.78, 5) is 24.9. The van der Waals surface area contributed by atoms with Crippen LogP contribution in [0.4, 0.5) is 4.79 Å². The predicted molar refractivity (Wildman–Crippen MR) is 70.3 cm³/mol. The molecule has 0 saturated carbocycles. The molecule has 1 fully saturated rings. The van der Waals surface area contributed by atoms with Crippen LogP contribution in [-0.2, 0) is 9.53 Å². The summed E-state index contributed by atoms with van der Waals surface area (Å²) in [6.07, 6.45) is -0.565. The fraction of sp³-hybridized carbons (Fsp3) is 0.231. The summed E-state index contributed by atoms with van der Waals surface area (Å²) in [5.41, 5.74) is 0. The summed E-state index contributed by atoms with van der Waals surface area (Å²) in [7, 11) is 0. The zero-order valence-electron chi connectivity index (χ0n) is 9.91. The van der Waals surface area contributed by atoms with Crippen LogP contribution >= 0.6 is 11.3 Å². The molecule has 5 nitrogen and oxygen atoms in total. The molecule has 1 aromatic heterocycles. The van der Waals surface area contributed by atoms with Gasteiger partial charge in [-0.2, -0.15) is 0 Å². The number of hydrogen-bond acceptors (Lipinski definition) is 4. The second-order valence-electron chi connectivity index (χ2n) is 4.24. The number of nitrogens with zero attached hydrogens (tertiary/aromatic N) is 1. The third kappa shape index (κ3) is 2.04. The van der Waals surface area contributed by atoms with Crippen LogP contribution in [-0.4, -0.2) is 35.2 Å². The van der Waals surface area contributed by atoms with Crippen molar-refractivity contribution in [3.8, 4) is 0 Å². The number of fused-ring (bicyclic) bond motifs is 1. The van der Waals surface area contributed by atoms with E-state index in [-0.39, 0.29) is 6.61 Å². The molecule has 1 atom stereocenters. The highest BCUT2D eigenvalue weighted by atomic mass is 32.1. The van der Waals surface area contributed by atoms with Crippen LogP contribution in [0.15, 0.2) is 30.3 Å². The fourth-order valence-corrected chi connectivity index (χ4v) is 3.36. The zero-order chi connectivity index (χ0) is 13.4. The van der Waals surface area contributed by atoms with Crippen LogP contribution in [0, 0.1) is 0 Å². The Morgan fingerprint density at radius 1 is 1.42 bits per heavy atom. The average Bonchev–Trinajstić information content (AvgIpc) is 2.96. The monoisotopic (exact) mass is 277 g/mol. The highest BCUT2D eigenvalue weighted by molar-refractivity contribution is 7.19. The van der Waals surface area contributed by atoms with Gasteiger partial charge in [0, 0.05) is 9.58 Å². The number of ether oxygens (including phenoxy) is 1. The summed E-state index contributed by atoms with van der Waals surface area (Å²) >= 11 is 1.39. The van der Waals surface area contributed by atoms with Gasteiger partial charge >= 0.3 is 12.1 Å². The Bertz CT molecular complexity index is 618. The first-order valence-electron chi connectivity index (χ1n) is 5.81. The van der Waals surface area contributed by atoms with Crippen molar-refractivity contribution < 1.29 is 19.4 Å². The van der Waals surface area contributed by atoms with E-state index < -0.39 is 18.1 Å². The lowest BCUT2D eigenvalue weighted by molar-refractivity contribution is -0.142. The topological polar surface area (TPSA) is 66.8 Å². The molecule has 3 rings (SSSR count). The zero-order valence-corrected chi connectivity index (χ0v) is 10.7. The number of carboxylic acid groups (broad SMARTS) is 1. The Labute approximate surface area is 113 Å². The second kappa shape index (κ2) is 4.55. The molecule has 19 heavy (non-hydrogen) atoms. The number of amides is 1. The van der Waals surface area contributed by atoms with E-state index >= 15 is 0 Å². The molecule has 1 unspecified atom stereocenters. The number of thiophene rings is 1.